The highest BCUT2D eigenvalue weighted by Gasteiger charge is 2.11. The summed E-state index contributed by atoms with van der Waals surface area (Å²) in [6, 6.07) is 5.87. The topological polar surface area (TPSA) is 38.8 Å². The van der Waals surface area contributed by atoms with Crippen LogP contribution in [0.2, 0.25) is 0 Å². The van der Waals surface area contributed by atoms with Crippen molar-refractivity contribution in [1.29, 1.82) is 0 Å². The largest absolute Gasteiger partial charge is 0.490 e. The molecule has 2 rings (SSSR count). The molecule has 0 spiro atoms. The number of amides is 1. The molecular weight excluding hydrogens is 254 g/mol. The van der Waals surface area contributed by atoms with Crippen molar-refractivity contribution in [2.24, 2.45) is 0 Å². The minimum absolute atomic E-state index is 0.440. The zero-order chi connectivity index (χ0) is 13.0. The minimum Gasteiger partial charge on any atom is -0.490 e. The summed E-state index contributed by atoms with van der Waals surface area (Å²) in [5, 5.41) is -0.440. The highest BCUT2D eigenvalue weighted by Crippen LogP contribution is 2.30. The van der Waals surface area contributed by atoms with E-state index in [1.807, 2.05) is 18.2 Å². The lowest BCUT2D eigenvalue weighted by atomic mass is 10.1. The maximum absolute atomic E-state index is 10.9. The number of rotatable bonds is 3. The van der Waals surface area contributed by atoms with Gasteiger partial charge in [0.05, 0.1) is 13.2 Å². The summed E-state index contributed by atoms with van der Waals surface area (Å²) in [5.74, 6) is 1.57. The van der Waals surface area contributed by atoms with Crippen molar-refractivity contribution in [3.05, 3.63) is 23.8 Å². The molecule has 0 aliphatic carbocycles. The van der Waals surface area contributed by atoms with Crippen molar-refractivity contribution >= 4 is 17.0 Å². The maximum atomic E-state index is 10.9. The molecule has 98 valence electrons. The maximum Gasteiger partial charge on any atom is 0.316 e. The van der Waals surface area contributed by atoms with Crippen molar-refractivity contribution in [1.82, 2.24) is 4.90 Å². The van der Waals surface area contributed by atoms with Gasteiger partial charge in [-0.1, -0.05) is 6.07 Å². The monoisotopic (exact) mass is 269 g/mol. The molecule has 0 unspecified atom stereocenters. The van der Waals surface area contributed by atoms with Gasteiger partial charge in [0.15, 0.2) is 11.5 Å². The summed E-state index contributed by atoms with van der Waals surface area (Å²) in [6.07, 6.45) is 1.64. The fraction of sp³-hybridized carbons (Fsp3) is 0.462. The number of likely N-dealkylation sites (N-methyl/N-ethyl adjacent to an activating group) is 1. The van der Waals surface area contributed by atoms with Crippen molar-refractivity contribution in [3.63, 3.8) is 0 Å². The lowest BCUT2D eigenvalue weighted by Gasteiger charge is -2.14. The van der Waals surface area contributed by atoms with E-state index in [1.165, 1.54) is 4.90 Å². The Balaban J connectivity index is 2.02. The van der Waals surface area contributed by atoms with E-state index in [4.69, 9.17) is 21.1 Å². The van der Waals surface area contributed by atoms with Crippen LogP contribution >= 0.6 is 11.6 Å². The lowest BCUT2D eigenvalue weighted by molar-refractivity contribution is 0.232. The van der Waals surface area contributed by atoms with Gasteiger partial charge >= 0.3 is 5.37 Å². The van der Waals surface area contributed by atoms with Gasteiger partial charge in [0.2, 0.25) is 0 Å². The second-order valence-electron chi connectivity index (χ2n) is 4.26. The Kier molecular flexibility index (Phi) is 4.31. The summed E-state index contributed by atoms with van der Waals surface area (Å²) in [4.78, 5) is 12.4. The average molecular weight is 270 g/mol. The van der Waals surface area contributed by atoms with Crippen LogP contribution in [0.3, 0.4) is 0 Å². The average Bonchev–Trinajstić information content (AvgIpc) is 2.60. The number of halogens is 1. The van der Waals surface area contributed by atoms with Crippen molar-refractivity contribution in [3.8, 4) is 11.5 Å². The van der Waals surface area contributed by atoms with E-state index in [-0.39, 0.29) is 0 Å². The molecule has 5 heteroatoms. The van der Waals surface area contributed by atoms with Gasteiger partial charge in [-0.25, -0.2) is 0 Å². The standard InChI is InChI=1S/C13H16ClNO3/c1-15(13(14)16)6-5-10-3-4-11-12(9-10)18-8-2-7-17-11/h3-4,9H,2,5-8H2,1H3. The van der Waals surface area contributed by atoms with Gasteiger partial charge in [-0.2, -0.15) is 0 Å². The highest BCUT2D eigenvalue weighted by molar-refractivity contribution is 6.62. The van der Waals surface area contributed by atoms with Crippen LogP contribution < -0.4 is 9.47 Å². The van der Waals surface area contributed by atoms with Crippen LogP contribution in [0.4, 0.5) is 4.79 Å². The van der Waals surface area contributed by atoms with Gasteiger partial charge in [0.25, 0.3) is 0 Å². The molecule has 0 atom stereocenters. The Labute approximate surface area is 111 Å². The third-order valence-electron chi connectivity index (χ3n) is 2.85. The first-order chi connectivity index (χ1) is 8.66. The second-order valence-corrected chi connectivity index (χ2v) is 4.58. The zero-order valence-electron chi connectivity index (χ0n) is 10.3. The summed E-state index contributed by atoms with van der Waals surface area (Å²) in [7, 11) is 1.68. The molecule has 1 aliphatic rings. The molecular formula is C13H16ClNO3. The molecule has 0 radical (unpaired) electrons. The quantitative estimate of drug-likeness (QED) is 0.626. The summed E-state index contributed by atoms with van der Waals surface area (Å²) >= 11 is 5.37. The first-order valence-corrected chi connectivity index (χ1v) is 6.34. The molecule has 1 heterocycles. The smallest absolute Gasteiger partial charge is 0.316 e. The van der Waals surface area contributed by atoms with Crippen LogP contribution in [0.1, 0.15) is 12.0 Å². The Hall–Kier alpha value is -1.42. The van der Waals surface area contributed by atoms with E-state index in [2.05, 4.69) is 0 Å². The number of hydrogen-bond acceptors (Lipinski definition) is 3. The number of hydrogen-bond donors (Lipinski definition) is 0. The fourth-order valence-electron chi connectivity index (χ4n) is 1.75. The van der Waals surface area contributed by atoms with E-state index in [1.54, 1.807) is 7.05 Å². The molecule has 0 bridgehead atoms. The minimum atomic E-state index is -0.440. The molecule has 1 aromatic carbocycles. The van der Waals surface area contributed by atoms with E-state index < -0.39 is 5.37 Å². The SMILES string of the molecule is CN(CCc1ccc2c(c1)OCCCO2)C(=O)Cl. The number of nitrogens with zero attached hydrogens (tertiary/aromatic N) is 1. The van der Waals surface area contributed by atoms with Crippen LogP contribution in [0.15, 0.2) is 18.2 Å². The molecule has 0 saturated heterocycles. The van der Waals surface area contributed by atoms with Crippen LogP contribution in [-0.2, 0) is 6.42 Å². The molecule has 0 fully saturated rings. The first kappa shape index (κ1) is 13.0. The third-order valence-corrected chi connectivity index (χ3v) is 3.14. The van der Waals surface area contributed by atoms with Crippen LogP contribution in [-0.4, -0.2) is 37.1 Å². The fourth-order valence-corrected chi connectivity index (χ4v) is 1.83. The number of benzene rings is 1. The lowest BCUT2D eigenvalue weighted by Crippen LogP contribution is -2.23. The van der Waals surface area contributed by atoms with Crippen molar-refractivity contribution in [2.45, 2.75) is 12.8 Å². The first-order valence-electron chi connectivity index (χ1n) is 5.96. The Morgan fingerprint density at radius 3 is 2.78 bits per heavy atom. The van der Waals surface area contributed by atoms with Gasteiger partial charge in [-0.3, -0.25) is 4.79 Å². The van der Waals surface area contributed by atoms with Gasteiger partial charge in [-0.05, 0) is 35.7 Å². The normalized spacial score (nSPS) is 13.9. The summed E-state index contributed by atoms with van der Waals surface area (Å²) in [5.41, 5.74) is 1.10. The van der Waals surface area contributed by atoms with Gasteiger partial charge in [-0.15, -0.1) is 0 Å². The molecule has 0 aromatic heterocycles. The molecule has 18 heavy (non-hydrogen) atoms. The summed E-state index contributed by atoms with van der Waals surface area (Å²) in [6.45, 7) is 1.95. The predicted octanol–water partition coefficient (Wildman–Crippen LogP) is 2.68. The predicted molar refractivity (Wildman–Crippen MR) is 69.6 cm³/mol. The Bertz CT molecular complexity index is 436. The van der Waals surface area contributed by atoms with Gasteiger partial charge < -0.3 is 14.4 Å². The number of ether oxygens (including phenoxy) is 2. The van der Waals surface area contributed by atoms with Crippen molar-refractivity contribution in [2.75, 3.05) is 26.8 Å². The zero-order valence-corrected chi connectivity index (χ0v) is 11.1. The van der Waals surface area contributed by atoms with E-state index in [0.717, 1.165) is 29.9 Å². The van der Waals surface area contributed by atoms with Crippen LogP contribution in [0.25, 0.3) is 0 Å². The van der Waals surface area contributed by atoms with Crippen LogP contribution in [0, 0.1) is 0 Å². The summed E-state index contributed by atoms with van der Waals surface area (Å²) < 4.78 is 11.2. The van der Waals surface area contributed by atoms with E-state index >= 15 is 0 Å². The van der Waals surface area contributed by atoms with E-state index in [9.17, 15) is 4.79 Å². The second kappa shape index (κ2) is 5.96. The number of fused-ring (bicyclic) bond motifs is 1. The third kappa shape index (κ3) is 3.29. The molecule has 1 aromatic rings. The Morgan fingerprint density at radius 1 is 1.33 bits per heavy atom. The molecule has 0 N–H and O–H groups in total. The molecule has 1 amide bonds. The molecule has 0 saturated carbocycles. The number of carbonyl (C=O) groups excluding carboxylic acids is 1. The van der Waals surface area contributed by atoms with Crippen LogP contribution in [0.5, 0.6) is 11.5 Å². The Morgan fingerprint density at radius 2 is 2.06 bits per heavy atom. The van der Waals surface area contributed by atoms with E-state index in [0.29, 0.717) is 19.8 Å². The molecule has 1 aliphatic heterocycles. The van der Waals surface area contributed by atoms with Gasteiger partial charge in [0.1, 0.15) is 0 Å². The highest BCUT2D eigenvalue weighted by atomic mass is 35.5. The number of carbonyl (C=O) groups is 1. The molecule has 4 nitrogen and oxygen atoms in total. The van der Waals surface area contributed by atoms with Crippen molar-refractivity contribution < 1.29 is 14.3 Å². The van der Waals surface area contributed by atoms with Gasteiger partial charge in [0, 0.05) is 20.0 Å².